The van der Waals surface area contributed by atoms with Gasteiger partial charge in [0.2, 0.25) is 9.21 Å². The van der Waals surface area contributed by atoms with E-state index in [2.05, 4.69) is 96.4 Å². The summed E-state index contributed by atoms with van der Waals surface area (Å²) in [4.78, 5) is 0. The van der Waals surface area contributed by atoms with E-state index in [1.165, 1.54) is 17.0 Å². The van der Waals surface area contributed by atoms with Crippen molar-refractivity contribution in [2.75, 3.05) is 0 Å². The molecule has 0 N–H and O–H groups in total. The Morgan fingerprint density at radius 3 is 2.00 bits per heavy atom. The van der Waals surface area contributed by atoms with Gasteiger partial charge < -0.3 is 0 Å². The van der Waals surface area contributed by atoms with Crippen molar-refractivity contribution in [2.45, 2.75) is 20.0 Å². The number of hydrogen-bond acceptors (Lipinski definition) is 0. The second-order valence-electron chi connectivity index (χ2n) is 5.27. The summed E-state index contributed by atoms with van der Waals surface area (Å²) in [6.07, 6.45) is 0. The molecule has 3 rings (SSSR count). The van der Waals surface area contributed by atoms with Crippen LogP contribution < -0.4 is 4.57 Å². The molecule has 0 amide bonds. The van der Waals surface area contributed by atoms with E-state index in [1.54, 1.807) is 0 Å². The maximum atomic E-state index is 3.72. The normalized spacial score (nSPS) is 10.9. The summed E-state index contributed by atoms with van der Waals surface area (Å²) in [6, 6.07) is 21.0. The zero-order valence-electron chi connectivity index (χ0n) is 12.3. The van der Waals surface area contributed by atoms with Gasteiger partial charge in [0.05, 0.1) is 0 Å². The Labute approximate surface area is 147 Å². The minimum Gasteiger partial charge on any atom is -0.217 e. The van der Waals surface area contributed by atoms with Crippen LogP contribution in [0.15, 0.2) is 69.9 Å². The van der Waals surface area contributed by atoms with E-state index in [9.17, 15) is 0 Å². The molecule has 1 aromatic heterocycles. The van der Waals surface area contributed by atoms with E-state index in [0.29, 0.717) is 0 Å². The lowest BCUT2D eigenvalue weighted by Crippen LogP contribution is -2.37. The molecule has 2 aromatic carbocycles. The molecule has 0 saturated heterocycles. The summed E-state index contributed by atoms with van der Waals surface area (Å²) < 4.78 is 6.71. The van der Waals surface area contributed by atoms with Crippen LogP contribution in [0.5, 0.6) is 0 Å². The van der Waals surface area contributed by atoms with E-state index in [-0.39, 0.29) is 0 Å². The molecule has 0 fully saturated rings. The summed E-state index contributed by atoms with van der Waals surface area (Å²) in [5.74, 6) is 1.21. The Kier molecular flexibility index (Phi) is 4.79. The molecule has 4 heteroatoms. The van der Waals surface area contributed by atoms with Crippen molar-refractivity contribution in [1.29, 1.82) is 0 Å². The maximum Gasteiger partial charge on any atom is 0.255 e. The van der Waals surface area contributed by atoms with Gasteiger partial charge in [-0.25, -0.2) is 9.13 Å². The Morgan fingerprint density at radius 1 is 0.864 bits per heavy atom. The average Bonchev–Trinajstić information content (AvgIpc) is 2.75. The Balaban J connectivity index is 1.94. The first-order valence-electron chi connectivity index (χ1n) is 7.18. The van der Waals surface area contributed by atoms with Crippen molar-refractivity contribution in [2.24, 2.45) is 0 Å². The second kappa shape index (κ2) is 6.80. The van der Waals surface area contributed by atoms with E-state index < -0.39 is 0 Å². The number of aromatic nitrogens is 2. The monoisotopic (exact) mass is 419 g/mol. The standard InChI is InChI=1S/C18H17Br2N2/c1-14-21(12-15-8-4-2-5-9-15)17(19)18(20)22(14)13-16-10-6-3-7-11-16/h2-11H,12-13H2,1H3/q+1. The summed E-state index contributed by atoms with van der Waals surface area (Å²) in [5.41, 5.74) is 2.58. The third kappa shape index (κ3) is 3.18. The highest BCUT2D eigenvalue weighted by atomic mass is 79.9. The van der Waals surface area contributed by atoms with Crippen molar-refractivity contribution >= 4 is 31.9 Å². The van der Waals surface area contributed by atoms with Gasteiger partial charge in [-0.1, -0.05) is 60.7 Å². The molecule has 3 aromatic rings. The highest BCUT2D eigenvalue weighted by molar-refractivity contribution is 9.13. The first-order chi connectivity index (χ1) is 10.7. The molecule has 0 aliphatic rings. The third-order valence-corrected chi connectivity index (χ3v) is 5.93. The highest BCUT2D eigenvalue weighted by Crippen LogP contribution is 2.24. The lowest BCUT2D eigenvalue weighted by Gasteiger charge is -2.03. The smallest absolute Gasteiger partial charge is 0.217 e. The maximum absolute atomic E-state index is 3.72. The first-order valence-corrected chi connectivity index (χ1v) is 8.77. The fourth-order valence-corrected chi connectivity index (χ4v) is 3.74. The van der Waals surface area contributed by atoms with Crippen LogP contribution in [0.3, 0.4) is 0 Å². The summed E-state index contributed by atoms with van der Waals surface area (Å²) in [6.45, 7) is 3.86. The fourth-order valence-electron chi connectivity index (χ4n) is 2.55. The number of rotatable bonds is 4. The zero-order chi connectivity index (χ0) is 15.5. The summed E-state index contributed by atoms with van der Waals surface area (Å²) in [5, 5.41) is 0. The number of halogens is 2. The van der Waals surface area contributed by atoms with E-state index >= 15 is 0 Å². The van der Waals surface area contributed by atoms with Gasteiger partial charge >= 0.3 is 0 Å². The quantitative estimate of drug-likeness (QED) is 0.540. The van der Waals surface area contributed by atoms with E-state index in [0.717, 1.165) is 22.3 Å². The van der Waals surface area contributed by atoms with Crippen LogP contribution in [0.1, 0.15) is 17.0 Å². The molecule has 22 heavy (non-hydrogen) atoms. The predicted molar refractivity (Wildman–Crippen MR) is 95.9 cm³/mol. The molecular formula is C18H17Br2N2+. The van der Waals surface area contributed by atoms with Gasteiger partial charge in [0.1, 0.15) is 13.1 Å². The van der Waals surface area contributed by atoms with Gasteiger partial charge in [-0.05, 0) is 11.1 Å². The highest BCUT2D eigenvalue weighted by Gasteiger charge is 2.24. The van der Waals surface area contributed by atoms with Crippen molar-refractivity contribution in [3.63, 3.8) is 0 Å². The van der Waals surface area contributed by atoms with Gasteiger partial charge in [-0.2, -0.15) is 0 Å². The molecule has 0 aliphatic heterocycles. The fraction of sp³-hybridized carbons (Fsp3) is 0.167. The van der Waals surface area contributed by atoms with Crippen LogP contribution in [0.25, 0.3) is 0 Å². The topological polar surface area (TPSA) is 8.81 Å². The molecule has 0 atom stereocenters. The van der Waals surface area contributed by atoms with E-state index in [1.807, 2.05) is 12.1 Å². The van der Waals surface area contributed by atoms with Crippen LogP contribution in [0.4, 0.5) is 0 Å². The van der Waals surface area contributed by atoms with Crippen molar-refractivity contribution in [1.82, 2.24) is 4.57 Å². The summed E-state index contributed by atoms with van der Waals surface area (Å²) in [7, 11) is 0. The van der Waals surface area contributed by atoms with Gasteiger partial charge in [0, 0.05) is 38.8 Å². The van der Waals surface area contributed by atoms with Crippen molar-refractivity contribution < 1.29 is 4.57 Å². The molecule has 0 aliphatic carbocycles. The van der Waals surface area contributed by atoms with Gasteiger partial charge in [0.15, 0.2) is 0 Å². The average molecular weight is 421 g/mol. The molecule has 1 heterocycles. The van der Waals surface area contributed by atoms with Crippen molar-refractivity contribution in [3.05, 3.63) is 86.8 Å². The van der Waals surface area contributed by atoms with Crippen LogP contribution in [-0.4, -0.2) is 4.57 Å². The van der Waals surface area contributed by atoms with Crippen LogP contribution in [-0.2, 0) is 13.1 Å². The Bertz CT molecular complexity index is 700. The molecular weight excluding hydrogens is 404 g/mol. The first kappa shape index (κ1) is 15.5. The third-order valence-electron chi connectivity index (χ3n) is 3.79. The largest absolute Gasteiger partial charge is 0.255 e. The number of benzene rings is 2. The lowest BCUT2D eigenvalue weighted by atomic mass is 10.2. The Morgan fingerprint density at radius 2 is 1.41 bits per heavy atom. The van der Waals surface area contributed by atoms with Crippen LogP contribution >= 0.6 is 31.9 Å². The molecule has 0 saturated carbocycles. The number of imidazole rings is 1. The van der Waals surface area contributed by atoms with Gasteiger partial charge in [-0.15, -0.1) is 0 Å². The second-order valence-corrected chi connectivity index (χ2v) is 6.77. The van der Waals surface area contributed by atoms with Crippen molar-refractivity contribution in [3.8, 4) is 0 Å². The SMILES string of the molecule is Cc1n(Cc2ccccc2)c(Br)c(Br)[n+]1Cc1ccccc1. The predicted octanol–water partition coefficient (Wildman–Crippen LogP) is 4.71. The molecule has 0 spiro atoms. The summed E-state index contributed by atoms with van der Waals surface area (Å²) >= 11 is 7.44. The van der Waals surface area contributed by atoms with E-state index in [4.69, 9.17) is 0 Å². The zero-order valence-corrected chi connectivity index (χ0v) is 15.5. The number of hydrogen-bond donors (Lipinski definition) is 0. The molecule has 0 bridgehead atoms. The van der Waals surface area contributed by atoms with Gasteiger partial charge in [0.25, 0.3) is 5.82 Å². The molecule has 112 valence electrons. The van der Waals surface area contributed by atoms with Crippen LogP contribution in [0.2, 0.25) is 0 Å². The minimum atomic E-state index is 0.855. The van der Waals surface area contributed by atoms with Crippen LogP contribution in [0, 0.1) is 6.92 Å². The minimum absolute atomic E-state index is 0.855. The molecule has 0 radical (unpaired) electrons. The molecule has 2 nitrogen and oxygen atoms in total. The molecule has 0 unspecified atom stereocenters. The number of nitrogens with zero attached hydrogens (tertiary/aromatic N) is 2. The Hall–Kier alpha value is -1.39. The lowest BCUT2D eigenvalue weighted by molar-refractivity contribution is -0.704. The van der Waals surface area contributed by atoms with Gasteiger partial charge in [-0.3, -0.25) is 0 Å².